The molecule has 7 rings (SSSR count). The molecule has 7 heteroatoms. The lowest BCUT2D eigenvalue weighted by molar-refractivity contribution is -0.137. The van der Waals surface area contributed by atoms with Gasteiger partial charge in [-0.25, -0.2) is 0 Å². The molecule has 186 valence electrons. The highest BCUT2D eigenvalue weighted by molar-refractivity contribution is 6.21. The fourth-order valence-electron chi connectivity index (χ4n) is 7.71. The number of para-hydroxylation sites is 2. The van der Waals surface area contributed by atoms with Crippen LogP contribution in [-0.4, -0.2) is 42.2 Å². The van der Waals surface area contributed by atoms with Crippen LogP contribution in [0.2, 0.25) is 0 Å². The van der Waals surface area contributed by atoms with Crippen molar-refractivity contribution in [2.24, 2.45) is 5.92 Å². The van der Waals surface area contributed by atoms with Crippen LogP contribution in [0.3, 0.4) is 0 Å². The van der Waals surface area contributed by atoms with Crippen molar-refractivity contribution in [2.75, 3.05) is 24.3 Å². The number of rotatable bonds is 3. The van der Waals surface area contributed by atoms with Gasteiger partial charge in [0.1, 0.15) is 16.7 Å². The largest absolute Gasteiger partial charge is 0.497 e. The number of hydrogen-bond donors (Lipinski definition) is 2. The molecular formula is C30H27N3O4. The zero-order valence-electron chi connectivity index (χ0n) is 20.7. The number of Topliss-reactive ketones (excluding diaryl/α,β-unsaturated/α-hetero) is 1. The maximum atomic E-state index is 14.6. The predicted octanol–water partition coefficient (Wildman–Crippen LogP) is 4.02. The molecule has 37 heavy (non-hydrogen) atoms. The molecule has 2 amide bonds. The monoisotopic (exact) mass is 493 g/mol. The van der Waals surface area contributed by atoms with Gasteiger partial charge in [0, 0.05) is 28.5 Å². The van der Waals surface area contributed by atoms with Crippen LogP contribution >= 0.6 is 0 Å². The summed E-state index contributed by atoms with van der Waals surface area (Å²) >= 11 is 0. The fourth-order valence-corrected chi connectivity index (χ4v) is 7.71. The van der Waals surface area contributed by atoms with E-state index in [1.807, 2.05) is 49.4 Å². The lowest BCUT2D eigenvalue weighted by atomic mass is 9.57. The van der Waals surface area contributed by atoms with Gasteiger partial charge in [0.05, 0.1) is 13.0 Å². The lowest BCUT2D eigenvalue weighted by Crippen LogP contribution is -2.62. The summed E-state index contributed by atoms with van der Waals surface area (Å²) < 4.78 is 5.41. The third-order valence-corrected chi connectivity index (χ3v) is 8.98. The molecule has 7 nitrogen and oxygen atoms in total. The highest BCUT2D eigenvalue weighted by Crippen LogP contribution is 2.68. The van der Waals surface area contributed by atoms with E-state index in [0.717, 1.165) is 29.7 Å². The minimum atomic E-state index is -1.43. The minimum absolute atomic E-state index is 0.145. The summed E-state index contributed by atoms with van der Waals surface area (Å²) in [6.07, 6.45) is 1.58. The Bertz CT molecular complexity index is 1520. The highest BCUT2D eigenvalue weighted by Gasteiger charge is 2.81. The molecule has 0 unspecified atom stereocenters. The van der Waals surface area contributed by atoms with Crippen molar-refractivity contribution in [1.82, 2.24) is 4.90 Å². The quantitative estimate of drug-likeness (QED) is 0.538. The zero-order valence-corrected chi connectivity index (χ0v) is 20.7. The van der Waals surface area contributed by atoms with Crippen molar-refractivity contribution in [3.05, 3.63) is 89.0 Å². The van der Waals surface area contributed by atoms with Crippen LogP contribution in [0.15, 0.2) is 66.7 Å². The van der Waals surface area contributed by atoms with Crippen molar-refractivity contribution >= 4 is 29.0 Å². The topological polar surface area (TPSA) is 87.7 Å². The first-order chi connectivity index (χ1) is 18.0. The molecule has 3 aromatic carbocycles. The predicted molar refractivity (Wildman–Crippen MR) is 139 cm³/mol. The number of anilines is 2. The molecule has 2 N–H and O–H groups in total. The van der Waals surface area contributed by atoms with E-state index >= 15 is 0 Å². The first-order valence-corrected chi connectivity index (χ1v) is 12.7. The molecule has 2 fully saturated rings. The third-order valence-electron chi connectivity index (χ3n) is 8.98. The normalized spacial score (nSPS) is 29.2. The van der Waals surface area contributed by atoms with E-state index in [0.29, 0.717) is 29.1 Å². The standard InChI is InChI=1S/C30H27N3O4/c1-17-8-5-12-21-25(17)32-28(36)30(21)29(20-11-3-4-13-22(20)31-27(29)35)24(23-14-7-15-33(23)30)26(34)18-9-6-10-19(16-18)37-2/h3-6,8-13,16,23-24H,7,14-15H2,1-2H3,(H,31,35)(H,32,36)/t23-,24+,29-,30-/m1/s1. The lowest BCUT2D eigenvalue weighted by Gasteiger charge is -2.43. The minimum Gasteiger partial charge on any atom is -0.497 e. The number of nitrogens with one attached hydrogen (secondary N) is 2. The number of fused-ring (bicyclic) bond motifs is 7. The highest BCUT2D eigenvalue weighted by atomic mass is 16.5. The van der Waals surface area contributed by atoms with Gasteiger partial charge in [0.2, 0.25) is 5.91 Å². The number of ether oxygens (including phenoxy) is 1. The third kappa shape index (κ3) is 2.48. The number of hydrogen-bond acceptors (Lipinski definition) is 5. The van der Waals surface area contributed by atoms with Crippen molar-refractivity contribution in [3.63, 3.8) is 0 Å². The maximum Gasteiger partial charge on any atom is 0.251 e. The van der Waals surface area contributed by atoms with E-state index in [4.69, 9.17) is 4.74 Å². The summed E-state index contributed by atoms with van der Waals surface area (Å²) in [6.45, 7) is 2.59. The van der Waals surface area contributed by atoms with E-state index in [1.165, 1.54) is 0 Å². The van der Waals surface area contributed by atoms with Crippen molar-refractivity contribution < 1.29 is 19.1 Å². The van der Waals surface area contributed by atoms with E-state index in [1.54, 1.807) is 31.4 Å². The van der Waals surface area contributed by atoms with Crippen molar-refractivity contribution in [3.8, 4) is 5.75 Å². The molecule has 0 radical (unpaired) electrons. The van der Waals surface area contributed by atoms with Crippen LogP contribution in [0.4, 0.5) is 11.4 Å². The fraction of sp³-hybridized carbons (Fsp3) is 0.300. The zero-order chi connectivity index (χ0) is 25.5. The SMILES string of the molecule is COc1cccc(C(=O)[C@@H]2[C@H]3CCCN3[C@]3(C(=O)Nc4c(C)cccc43)[C@@]23C(=O)Nc2ccccc23)c1. The molecule has 2 saturated heterocycles. The number of methoxy groups -OCH3 is 1. The number of ketones is 1. The van der Waals surface area contributed by atoms with Crippen LogP contribution < -0.4 is 15.4 Å². The number of nitrogens with zero attached hydrogens (tertiary/aromatic N) is 1. The summed E-state index contributed by atoms with van der Waals surface area (Å²) in [5.41, 5.74) is 1.52. The van der Waals surface area contributed by atoms with Crippen LogP contribution in [0, 0.1) is 12.8 Å². The molecule has 4 atom stereocenters. The number of carbonyl (C=O) groups excluding carboxylic acids is 3. The van der Waals surface area contributed by atoms with Crippen LogP contribution in [0.5, 0.6) is 5.75 Å². The van der Waals surface area contributed by atoms with E-state index < -0.39 is 16.9 Å². The Balaban J connectivity index is 1.58. The second kappa shape index (κ2) is 7.52. The average molecular weight is 494 g/mol. The molecule has 0 aliphatic carbocycles. The van der Waals surface area contributed by atoms with Gasteiger partial charge in [-0.15, -0.1) is 0 Å². The molecule has 4 aliphatic rings. The Hall–Kier alpha value is -3.97. The van der Waals surface area contributed by atoms with E-state index in [-0.39, 0.29) is 23.6 Å². The number of aryl methyl sites for hydroxylation is 1. The second-order valence-corrected chi connectivity index (χ2v) is 10.4. The summed E-state index contributed by atoms with van der Waals surface area (Å²) in [4.78, 5) is 45.6. The molecular weight excluding hydrogens is 466 g/mol. The number of benzene rings is 3. The van der Waals surface area contributed by atoms with Crippen LogP contribution in [0.1, 0.15) is 39.9 Å². The Morgan fingerprint density at radius 1 is 0.973 bits per heavy atom. The van der Waals surface area contributed by atoms with Gasteiger partial charge in [0.15, 0.2) is 5.78 Å². The van der Waals surface area contributed by atoms with Gasteiger partial charge in [0.25, 0.3) is 5.91 Å². The van der Waals surface area contributed by atoms with E-state index in [9.17, 15) is 14.4 Å². The molecule has 4 aliphatic heterocycles. The van der Waals surface area contributed by atoms with E-state index in [2.05, 4.69) is 15.5 Å². The summed E-state index contributed by atoms with van der Waals surface area (Å²) in [7, 11) is 1.57. The molecule has 0 aromatic heterocycles. The second-order valence-electron chi connectivity index (χ2n) is 10.4. The molecule has 0 saturated carbocycles. The maximum absolute atomic E-state index is 14.6. The summed E-state index contributed by atoms with van der Waals surface area (Å²) in [5, 5.41) is 6.21. The molecule has 0 bridgehead atoms. The van der Waals surface area contributed by atoms with Crippen molar-refractivity contribution in [2.45, 2.75) is 36.8 Å². The van der Waals surface area contributed by atoms with Gasteiger partial charge in [-0.2, -0.15) is 0 Å². The Morgan fingerprint density at radius 2 is 1.76 bits per heavy atom. The Labute approximate surface area is 214 Å². The van der Waals surface area contributed by atoms with Crippen molar-refractivity contribution in [1.29, 1.82) is 0 Å². The average Bonchev–Trinajstić information content (AvgIpc) is 3.63. The summed E-state index contributed by atoms with van der Waals surface area (Å²) in [6, 6.07) is 20.2. The smallest absolute Gasteiger partial charge is 0.251 e. The number of amides is 2. The first kappa shape index (κ1) is 22.2. The van der Waals surface area contributed by atoms with Gasteiger partial charge in [-0.1, -0.05) is 48.5 Å². The van der Waals surface area contributed by atoms with Crippen LogP contribution in [-0.2, 0) is 20.5 Å². The molecule has 4 heterocycles. The number of carbonyl (C=O) groups is 3. The van der Waals surface area contributed by atoms with Gasteiger partial charge in [-0.05, 0) is 55.6 Å². The summed E-state index contributed by atoms with van der Waals surface area (Å²) in [5.74, 6) is -0.867. The first-order valence-electron chi connectivity index (χ1n) is 12.7. The Kier molecular flexibility index (Phi) is 4.52. The Morgan fingerprint density at radius 3 is 2.59 bits per heavy atom. The molecule has 2 spiro atoms. The van der Waals surface area contributed by atoms with Gasteiger partial charge >= 0.3 is 0 Å². The molecule has 3 aromatic rings. The van der Waals surface area contributed by atoms with Gasteiger partial charge in [-0.3, -0.25) is 19.3 Å². The van der Waals surface area contributed by atoms with Crippen LogP contribution in [0.25, 0.3) is 0 Å². The van der Waals surface area contributed by atoms with Gasteiger partial charge < -0.3 is 15.4 Å².